The van der Waals surface area contributed by atoms with Crippen molar-refractivity contribution in [2.45, 2.75) is 20.3 Å². The molecule has 0 radical (unpaired) electrons. The predicted octanol–water partition coefficient (Wildman–Crippen LogP) is 2.64. The quantitative estimate of drug-likeness (QED) is 0.672. The number of nitriles is 1. The Morgan fingerprint density at radius 1 is 1.42 bits per heavy atom. The van der Waals surface area contributed by atoms with E-state index in [9.17, 15) is 13.6 Å². The number of nitrogens with two attached hydrogens (primary N) is 1. The monoisotopic (exact) mass is 268 g/mol. The van der Waals surface area contributed by atoms with E-state index in [0.717, 1.165) is 6.07 Å². The van der Waals surface area contributed by atoms with Crippen LogP contribution in [0, 0.1) is 28.4 Å². The largest absolute Gasteiger partial charge is 0.462 e. The van der Waals surface area contributed by atoms with Gasteiger partial charge in [-0.3, -0.25) is 0 Å². The Morgan fingerprint density at radius 2 is 2.00 bits per heavy atom. The van der Waals surface area contributed by atoms with Crippen molar-refractivity contribution < 1.29 is 18.3 Å². The van der Waals surface area contributed by atoms with Crippen LogP contribution in [0.4, 0.5) is 14.5 Å². The third-order valence-corrected chi connectivity index (χ3v) is 2.58. The SMILES string of the molecule is CC(C)(C#N)CCOC(=O)c1cc(F)c(F)cc1N. The molecule has 0 aliphatic rings. The summed E-state index contributed by atoms with van der Waals surface area (Å²) in [6, 6.07) is 3.48. The molecule has 1 aromatic carbocycles. The maximum Gasteiger partial charge on any atom is 0.340 e. The van der Waals surface area contributed by atoms with Gasteiger partial charge in [-0.1, -0.05) is 0 Å². The highest BCUT2D eigenvalue weighted by Crippen LogP contribution is 2.20. The molecule has 0 saturated heterocycles. The number of carbonyl (C=O) groups excluding carboxylic acids is 1. The molecule has 0 unspecified atom stereocenters. The number of anilines is 1. The minimum atomic E-state index is -1.17. The van der Waals surface area contributed by atoms with E-state index in [2.05, 4.69) is 6.07 Å². The van der Waals surface area contributed by atoms with Gasteiger partial charge in [-0.05, 0) is 26.3 Å². The molecular weight excluding hydrogens is 254 g/mol. The summed E-state index contributed by atoms with van der Waals surface area (Å²) in [5.74, 6) is -3.14. The van der Waals surface area contributed by atoms with Crippen LogP contribution in [0.5, 0.6) is 0 Å². The van der Waals surface area contributed by atoms with E-state index in [1.54, 1.807) is 13.8 Å². The van der Waals surface area contributed by atoms with Crippen LogP contribution in [0.15, 0.2) is 12.1 Å². The number of nitrogen functional groups attached to an aromatic ring is 1. The predicted molar refractivity (Wildman–Crippen MR) is 65.1 cm³/mol. The Morgan fingerprint density at radius 3 is 2.58 bits per heavy atom. The normalized spacial score (nSPS) is 10.9. The van der Waals surface area contributed by atoms with Crippen molar-refractivity contribution in [1.82, 2.24) is 0 Å². The first-order valence-electron chi connectivity index (χ1n) is 5.60. The van der Waals surface area contributed by atoms with Gasteiger partial charge < -0.3 is 10.5 Å². The maximum absolute atomic E-state index is 13.0. The molecule has 19 heavy (non-hydrogen) atoms. The summed E-state index contributed by atoms with van der Waals surface area (Å²) >= 11 is 0. The molecule has 0 aliphatic heterocycles. The zero-order valence-corrected chi connectivity index (χ0v) is 10.7. The third kappa shape index (κ3) is 3.91. The van der Waals surface area contributed by atoms with Crippen molar-refractivity contribution in [2.24, 2.45) is 5.41 Å². The first-order valence-corrected chi connectivity index (χ1v) is 5.60. The fourth-order valence-electron chi connectivity index (χ4n) is 1.27. The molecule has 0 bridgehead atoms. The first-order chi connectivity index (χ1) is 8.76. The molecule has 0 fully saturated rings. The minimum absolute atomic E-state index is 0.00215. The zero-order chi connectivity index (χ0) is 14.6. The van der Waals surface area contributed by atoms with Crippen molar-refractivity contribution in [2.75, 3.05) is 12.3 Å². The van der Waals surface area contributed by atoms with E-state index in [-0.39, 0.29) is 17.9 Å². The molecule has 0 atom stereocenters. The highest BCUT2D eigenvalue weighted by atomic mass is 19.2. The number of benzene rings is 1. The molecule has 102 valence electrons. The van der Waals surface area contributed by atoms with Gasteiger partial charge in [0.25, 0.3) is 0 Å². The number of carbonyl (C=O) groups is 1. The van der Waals surface area contributed by atoms with E-state index in [1.807, 2.05) is 0 Å². The topological polar surface area (TPSA) is 76.1 Å². The number of rotatable bonds is 4. The molecule has 0 aromatic heterocycles. The van der Waals surface area contributed by atoms with Crippen LogP contribution in [0.2, 0.25) is 0 Å². The van der Waals surface area contributed by atoms with Gasteiger partial charge >= 0.3 is 5.97 Å². The Balaban J connectivity index is 2.70. The van der Waals surface area contributed by atoms with Gasteiger partial charge in [-0.15, -0.1) is 0 Å². The van der Waals surface area contributed by atoms with E-state index >= 15 is 0 Å². The molecule has 0 aliphatic carbocycles. The Hall–Kier alpha value is -2.16. The molecule has 2 N–H and O–H groups in total. The van der Waals surface area contributed by atoms with Crippen LogP contribution in [0.1, 0.15) is 30.6 Å². The first kappa shape index (κ1) is 14.9. The molecule has 1 aromatic rings. The van der Waals surface area contributed by atoms with Gasteiger partial charge in [0.2, 0.25) is 0 Å². The highest BCUT2D eigenvalue weighted by molar-refractivity contribution is 5.95. The fourth-order valence-corrected chi connectivity index (χ4v) is 1.27. The molecule has 0 spiro atoms. The van der Waals surface area contributed by atoms with Crippen LogP contribution in [0.3, 0.4) is 0 Å². The Labute approximate surface area is 109 Å². The van der Waals surface area contributed by atoms with Gasteiger partial charge in [0.1, 0.15) is 0 Å². The number of halogens is 2. The Bertz CT molecular complexity index is 536. The lowest BCUT2D eigenvalue weighted by atomic mass is 9.92. The molecule has 4 nitrogen and oxygen atoms in total. The molecule has 1 rings (SSSR count). The van der Waals surface area contributed by atoms with E-state index in [1.165, 1.54) is 0 Å². The number of esters is 1. The van der Waals surface area contributed by atoms with Gasteiger partial charge in [-0.25, -0.2) is 13.6 Å². The lowest BCUT2D eigenvalue weighted by Gasteiger charge is -2.14. The third-order valence-electron chi connectivity index (χ3n) is 2.58. The van der Waals surface area contributed by atoms with Crippen LogP contribution in [-0.2, 0) is 4.74 Å². The van der Waals surface area contributed by atoms with E-state index in [0.29, 0.717) is 12.5 Å². The lowest BCUT2D eigenvalue weighted by Crippen LogP contribution is -2.16. The maximum atomic E-state index is 13.0. The number of hydrogen-bond acceptors (Lipinski definition) is 4. The van der Waals surface area contributed by atoms with Crippen LogP contribution < -0.4 is 5.73 Å². The molecular formula is C13H14F2N2O2. The molecule has 0 heterocycles. The summed E-state index contributed by atoms with van der Waals surface area (Å²) in [6.07, 6.45) is 0.332. The van der Waals surface area contributed by atoms with Crippen LogP contribution >= 0.6 is 0 Å². The lowest BCUT2D eigenvalue weighted by molar-refractivity contribution is 0.0475. The second-order valence-corrected chi connectivity index (χ2v) is 4.74. The zero-order valence-electron chi connectivity index (χ0n) is 10.7. The van der Waals surface area contributed by atoms with Gasteiger partial charge in [0, 0.05) is 11.8 Å². The standard InChI is InChI=1S/C13H14F2N2O2/c1-13(2,7-16)3-4-19-12(18)8-5-9(14)10(15)6-11(8)17/h5-6H,3-4,17H2,1-2H3. The van der Waals surface area contributed by atoms with Crippen molar-refractivity contribution in [1.29, 1.82) is 5.26 Å². The highest BCUT2D eigenvalue weighted by Gasteiger charge is 2.19. The van der Waals surface area contributed by atoms with Crippen LogP contribution in [0.25, 0.3) is 0 Å². The average molecular weight is 268 g/mol. The molecule has 6 heteroatoms. The van der Waals surface area contributed by atoms with E-state index in [4.69, 9.17) is 15.7 Å². The minimum Gasteiger partial charge on any atom is -0.462 e. The number of nitrogens with zero attached hydrogens (tertiary/aromatic N) is 1. The summed E-state index contributed by atoms with van der Waals surface area (Å²) in [5.41, 5.74) is 4.37. The summed E-state index contributed by atoms with van der Waals surface area (Å²) in [7, 11) is 0. The van der Waals surface area contributed by atoms with E-state index < -0.39 is 23.0 Å². The van der Waals surface area contributed by atoms with Crippen molar-refractivity contribution in [3.05, 3.63) is 29.3 Å². The molecule has 0 amide bonds. The second kappa shape index (κ2) is 5.65. The number of hydrogen-bond donors (Lipinski definition) is 1. The van der Waals surface area contributed by atoms with Crippen molar-refractivity contribution >= 4 is 11.7 Å². The van der Waals surface area contributed by atoms with Crippen molar-refractivity contribution in [3.8, 4) is 6.07 Å². The fraction of sp³-hybridized carbons (Fsp3) is 0.385. The van der Waals surface area contributed by atoms with Crippen molar-refractivity contribution in [3.63, 3.8) is 0 Å². The summed E-state index contributed by atoms with van der Waals surface area (Å²) in [6.45, 7) is 3.40. The summed E-state index contributed by atoms with van der Waals surface area (Å²) < 4.78 is 30.7. The Kier molecular flexibility index (Phi) is 4.43. The molecule has 0 saturated carbocycles. The van der Waals surface area contributed by atoms with Gasteiger partial charge in [-0.2, -0.15) is 5.26 Å². The van der Waals surface area contributed by atoms with Gasteiger partial charge in [0.15, 0.2) is 11.6 Å². The summed E-state index contributed by atoms with van der Waals surface area (Å²) in [5, 5.41) is 8.79. The van der Waals surface area contributed by atoms with Crippen LogP contribution in [-0.4, -0.2) is 12.6 Å². The smallest absolute Gasteiger partial charge is 0.340 e. The number of ether oxygens (including phenoxy) is 1. The summed E-state index contributed by atoms with van der Waals surface area (Å²) in [4.78, 5) is 11.6. The average Bonchev–Trinajstić information content (AvgIpc) is 2.33. The second-order valence-electron chi connectivity index (χ2n) is 4.74. The van der Waals surface area contributed by atoms with Gasteiger partial charge in [0.05, 0.1) is 23.7 Å².